The van der Waals surface area contributed by atoms with Crippen molar-refractivity contribution in [3.8, 4) is 0 Å². The van der Waals surface area contributed by atoms with E-state index in [1.165, 1.54) is 6.92 Å². The van der Waals surface area contributed by atoms with Crippen molar-refractivity contribution in [1.82, 2.24) is 26.6 Å². The van der Waals surface area contributed by atoms with E-state index in [-0.39, 0.29) is 19.3 Å². The maximum atomic E-state index is 12.5. The van der Waals surface area contributed by atoms with Gasteiger partial charge in [-0.05, 0) is 32.8 Å². The van der Waals surface area contributed by atoms with Crippen LogP contribution in [-0.4, -0.2) is 83.9 Å². The molecule has 0 unspecified atom stereocenters. The molecule has 2 atom stereocenters. The summed E-state index contributed by atoms with van der Waals surface area (Å²) in [5.41, 5.74) is 0.00210. The standard InChI is InChI=1S/C26H37N5O9/c1-16(32)30-18(10-11-23(37)40-26(2,3)4)24(38)28-13-20(33)27-14-21(34)31-19(25(39)29-15-22(35)36)12-17-8-6-5-7-9-17/h5-9,18-19H,10-15H2,1-4H3,(H,27,33)(H,28,38)(H,29,39)(H,30,32)(H,31,34)(H,35,36)/t18-,19-/m0/s1. The number of hydrogen-bond donors (Lipinski definition) is 6. The van der Waals surface area contributed by atoms with Gasteiger partial charge in [0.1, 0.15) is 24.2 Å². The van der Waals surface area contributed by atoms with E-state index in [0.717, 1.165) is 0 Å². The van der Waals surface area contributed by atoms with Crippen LogP contribution in [0.4, 0.5) is 0 Å². The largest absolute Gasteiger partial charge is 0.480 e. The van der Waals surface area contributed by atoms with Crippen LogP contribution in [0.15, 0.2) is 30.3 Å². The number of amides is 5. The van der Waals surface area contributed by atoms with Gasteiger partial charge in [-0.2, -0.15) is 0 Å². The van der Waals surface area contributed by atoms with Gasteiger partial charge < -0.3 is 36.4 Å². The van der Waals surface area contributed by atoms with Gasteiger partial charge in [0.2, 0.25) is 29.5 Å². The summed E-state index contributed by atoms with van der Waals surface area (Å²) in [5.74, 6) is -5.20. The molecule has 0 radical (unpaired) electrons. The predicted molar refractivity (Wildman–Crippen MR) is 141 cm³/mol. The van der Waals surface area contributed by atoms with E-state index in [0.29, 0.717) is 5.56 Å². The van der Waals surface area contributed by atoms with Gasteiger partial charge in [-0.1, -0.05) is 30.3 Å². The van der Waals surface area contributed by atoms with Crippen molar-refractivity contribution in [2.45, 2.75) is 64.6 Å². The highest BCUT2D eigenvalue weighted by atomic mass is 16.6. The van der Waals surface area contributed by atoms with Gasteiger partial charge in [0.25, 0.3) is 0 Å². The Kier molecular flexibility index (Phi) is 13.8. The molecule has 0 aliphatic carbocycles. The minimum Gasteiger partial charge on any atom is -0.480 e. The number of carboxylic acid groups (broad SMARTS) is 1. The average molecular weight is 564 g/mol. The number of ether oxygens (including phenoxy) is 1. The molecular formula is C26H37N5O9. The molecule has 0 aromatic heterocycles. The normalized spacial score (nSPS) is 12.2. The van der Waals surface area contributed by atoms with Gasteiger partial charge >= 0.3 is 11.9 Å². The van der Waals surface area contributed by atoms with Gasteiger partial charge in [0.15, 0.2) is 0 Å². The Morgan fingerprint density at radius 3 is 1.95 bits per heavy atom. The van der Waals surface area contributed by atoms with E-state index >= 15 is 0 Å². The first kappa shape index (κ1) is 33.5. The molecule has 1 aromatic carbocycles. The van der Waals surface area contributed by atoms with E-state index in [2.05, 4.69) is 26.6 Å². The number of esters is 1. The SMILES string of the molecule is CC(=O)N[C@@H](CCC(=O)OC(C)(C)C)C(=O)NCC(=O)NCC(=O)N[C@@H](Cc1ccccc1)C(=O)NCC(=O)O. The first-order valence-electron chi connectivity index (χ1n) is 12.5. The summed E-state index contributed by atoms with van der Waals surface area (Å²) in [6.45, 7) is 4.60. The van der Waals surface area contributed by atoms with Crippen LogP contribution in [0, 0.1) is 0 Å². The topological polar surface area (TPSA) is 209 Å². The first-order chi connectivity index (χ1) is 18.7. The first-order valence-corrected chi connectivity index (χ1v) is 12.5. The maximum Gasteiger partial charge on any atom is 0.322 e. The van der Waals surface area contributed by atoms with E-state index in [9.17, 15) is 33.6 Å². The number of benzene rings is 1. The molecule has 14 heteroatoms. The molecule has 220 valence electrons. The van der Waals surface area contributed by atoms with Crippen molar-refractivity contribution in [2.75, 3.05) is 19.6 Å². The summed E-state index contributed by atoms with van der Waals surface area (Å²) >= 11 is 0. The number of rotatable bonds is 15. The summed E-state index contributed by atoms with van der Waals surface area (Å²) in [4.78, 5) is 83.7. The average Bonchev–Trinajstić information content (AvgIpc) is 2.86. The molecule has 40 heavy (non-hydrogen) atoms. The molecule has 5 amide bonds. The van der Waals surface area contributed by atoms with Crippen molar-refractivity contribution in [3.05, 3.63) is 35.9 Å². The van der Waals surface area contributed by atoms with Crippen molar-refractivity contribution < 1.29 is 43.4 Å². The quantitative estimate of drug-likeness (QED) is 0.141. The fourth-order valence-corrected chi connectivity index (χ4v) is 3.29. The van der Waals surface area contributed by atoms with Crippen LogP contribution >= 0.6 is 0 Å². The zero-order valence-corrected chi connectivity index (χ0v) is 23.0. The van der Waals surface area contributed by atoms with Crippen LogP contribution in [0.25, 0.3) is 0 Å². The zero-order valence-electron chi connectivity index (χ0n) is 23.0. The van der Waals surface area contributed by atoms with E-state index in [1.807, 2.05) is 0 Å². The van der Waals surface area contributed by atoms with Crippen LogP contribution < -0.4 is 26.6 Å². The summed E-state index contributed by atoms with van der Waals surface area (Å²) in [7, 11) is 0. The molecule has 0 saturated carbocycles. The lowest BCUT2D eigenvalue weighted by atomic mass is 10.1. The van der Waals surface area contributed by atoms with Gasteiger partial charge in [-0.25, -0.2) is 0 Å². The Labute approximate surface area is 232 Å². The second-order valence-corrected chi connectivity index (χ2v) is 9.79. The summed E-state index contributed by atoms with van der Waals surface area (Å²) in [5, 5.41) is 20.5. The lowest BCUT2D eigenvalue weighted by Gasteiger charge is -2.21. The fraction of sp³-hybridized carbons (Fsp3) is 0.500. The number of carboxylic acids is 1. The van der Waals surface area contributed by atoms with E-state index < -0.39 is 78.8 Å². The Morgan fingerprint density at radius 1 is 0.800 bits per heavy atom. The molecular weight excluding hydrogens is 526 g/mol. The molecule has 0 aliphatic rings. The monoisotopic (exact) mass is 563 g/mol. The van der Waals surface area contributed by atoms with Crippen molar-refractivity contribution in [2.24, 2.45) is 0 Å². The number of hydrogen-bond acceptors (Lipinski definition) is 8. The van der Waals surface area contributed by atoms with Crippen LogP contribution in [0.2, 0.25) is 0 Å². The third-order valence-electron chi connectivity index (χ3n) is 4.97. The molecule has 0 saturated heterocycles. The van der Waals surface area contributed by atoms with Crippen LogP contribution in [-0.2, 0) is 44.7 Å². The number of carbonyl (C=O) groups is 7. The second-order valence-electron chi connectivity index (χ2n) is 9.79. The number of carbonyl (C=O) groups excluding carboxylic acids is 6. The fourth-order valence-electron chi connectivity index (χ4n) is 3.29. The molecule has 0 bridgehead atoms. The van der Waals surface area contributed by atoms with Crippen LogP contribution in [0.5, 0.6) is 0 Å². The zero-order chi connectivity index (χ0) is 30.3. The maximum absolute atomic E-state index is 12.5. The summed E-state index contributed by atoms with van der Waals surface area (Å²) in [6, 6.07) is 6.53. The third kappa shape index (κ3) is 15.1. The predicted octanol–water partition coefficient (Wildman–Crippen LogP) is -1.23. The van der Waals surface area contributed by atoms with Crippen LogP contribution in [0.3, 0.4) is 0 Å². The highest BCUT2D eigenvalue weighted by Crippen LogP contribution is 2.10. The van der Waals surface area contributed by atoms with Crippen molar-refractivity contribution in [3.63, 3.8) is 0 Å². The molecule has 0 aliphatic heterocycles. The minimum atomic E-state index is -1.25. The summed E-state index contributed by atoms with van der Waals surface area (Å²) in [6.07, 6.45) is -0.126. The van der Waals surface area contributed by atoms with Crippen molar-refractivity contribution >= 4 is 41.5 Å². The second kappa shape index (κ2) is 16.5. The lowest BCUT2D eigenvalue weighted by molar-refractivity contribution is -0.155. The van der Waals surface area contributed by atoms with Crippen LogP contribution in [0.1, 0.15) is 46.1 Å². The van der Waals surface area contributed by atoms with E-state index in [4.69, 9.17) is 9.84 Å². The minimum absolute atomic E-state index is 0.0584. The highest BCUT2D eigenvalue weighted by Gasteiger charge is 2.24. The van der Waals surface area contributed by atoms with Gasteiger partial charge in [0.05, 0.1) is 13.1 Å². The Morgan fingerprint density at radius 2 is 1.38 bits per heavy atom. The Balaban J connectivity index is 2.61. The lowest BCUT2D eigenvalue weighted by Crippen LogP contribution is -2.52. The Hall–Kier alpha value is -4.49. The molecule has 0 spiro atoms. The Bertz CT molecular complexity index is 1070. The third-order valence-corrected chi connectivity index (χ3v) is 4.97. The van der Waals surface area contributed by atoms with Gasteiger partial charge in [-0.15, -0.1) is 0 Å². The van der Waals surface area contributed by atoms with Gasteiger partial charge in [-0.3, -0.25) is 33.6 Å². The molecule has 6 N–H and O–H groups in total. The molecule has 0 heterocycles. The molecule has 1 rings (SSSR count). The number of aliphatic carboxylic acids is 1. The van der Waals surface area contributed by atoms with Gasteiger partial charge in [0, 0.05) is 19.8 Å². The van der Waals surface area contributed by atoms with E-state index in [1.54, 1.807) is 51.1 Å². The van der Waals surface area contributed by atoms with Crippen molar-refractivity contribution in [1.29, 1.82) is 0 Å². The molecule has 14 nitrogen and oxygen atoms in total. The smallest absolute Gasteiger partial charge is 0.322 e. The number of nitrogens with one attached hydrogen (secondary N) is 5. The molecule has 1 aromatic rings. The summed E-state index contributed by atoms with van der Waals surface area (Å²) < 4.78 is 5.19. The molecule has 0 fully saturated rings. The highest BCUT2D eigenvalue weighted by molar-refractivity contribution is 5.93.